The van der Waals surface area contributed by atoms with E-state index in [4.69, 9.17) is 0 Å². The van der Waals surface area contributed by atoms with Gasteiger partial charge in [-0.15, -0.1) is 0 Å². The van der Waals surface area contributed by atoms with Gasteiger partial charge in [-0.05, 0) is 37.6 Å². The van der Waals surface area contributed by atoms with E-state index in [0.29, 0.717) is 17.3 Å². The fraction of sp³-hybridized carbons (Fsp3) is 0.227. The molecule has 2 aromatic carbocycles. The Morgan fingerprint density at radius 2 is 1.80 bits per heavy atom. The molecule has 0 saturated heterocycles. The Hall–Kier alpha value is -2.87. The predicted molar refractivity (Wildman–Crippen MR) is 112 cm³/mol. The van der Waals surface area contributed by atoms with Crippen LogP contribution >= 0.6 is 11.8 Å². The van der Waals surface area contributed by atoms with Crippen LogP contribution in [0.2, 0.25) is 0 Å². The summed E-state index contributed by atoms with van der Waals surface area (Å²) in [6.45, 7) is 3.62. The van der Waals surface area contributed by atoms with Crippen LogP contribution < -0.4 is 5.32 Å². The van der Waals surface area contributed by atoms with E-state index in [1.807, 2.05) is 43.3 Å². The second-order valence-electron chi connectivity index (χ2n) is 6.59. The van der Waals surface area contributed by atoms with E-state index in [-0.39, 0.29) is 11.6 Å². The third-order valence-electron chi connectivity index (χ3n) is 4.27. The zero-order chi connectivity index (χ0) is 21.7. The molecule has 4 nitrogen and oxygen atoms in total. The summed E-state index contributed by atoms with van der Waals surface area (Å²) in [5, 5.41) is 2.70. The highest BCUT2D eigenvalue weighted by atomic mass is 32.2. The number of halogens is 3. The lowest BCUT2D eigenvalue weighted by Crippen LogP contribution is -2.25. The standard InChI is InChI=1S/C22H20F3N3OS/c1-3-19(21(29)28-17-11-7-10-16(12-17)22(23,24)25)30-20-13-18(26-14(2)27-20)15-8-5-4-6-9-15/h4-13,19H,3H2,1-2H3,(H,28,29). The minimum Gasteiger partial charge on any atom is -0.325 e. The number of nitrogens with one attached hydrogen (secondary N) is 1. The molecule has 8 heteroatoms. The van der Waals surface area contributed by atoms with Gasteiger partial charge >= 0.3 is 6.18 Å². The summed E-state index contributed by atoms with van der Waals surface area (Å²) in [5.41, 5.74) is 0.989. The maximum Gasteiger partial charge on any atom is 0.416 e. The van der Waals surface area contributed by atoms with Gasteiger partial charge in [-0.25, -0.2) is 9.97 Å². The first kappa shape index (κ1) is 21.8. The Balaban J connectivity index is 1.77. The topological polar surface area (TPSA) is 54.9 Å². The number of amides is 1. The van der Waals surface area contributed by atoms with E-state index in [9.17, 15) is 18.0 Å². The van der Waals surface area contributed by atoms with Crippen LogP contribution in [0.25, 0.3) is 11.3 Å². The van der Waals surface area contributed by atoms with E-state index in [1.54, 1.807) is 6.92 Å². The highest BCUT2D eigenvalue weighted by Gasteiger charge is 2.30. The molecule has 0 aliphatic rings. The molecule has 0 spiro atoms. The van der Waals surface area contributed by atoms with E-state index < -0.39 is 17.0 Å². The van der Waals surface area contributed by atoms with Crippen molar-refractivity contribution in [1.29, 1.82) is 0 Å². The zero-order valence-corrected chi connectivity index (χ0v) is 17.2. The van der Waals surface area contributed by atoms with Crippen molar-refractivity contribution in [1.82, 2.24) is 9.97 Å². The molecule has 0 fully saturated rings. The van der Waals surface area contributed by atoms with Gasteiger partial charge in [0.2, 0.25) is 5.91 Å². The van der Waals surface area contributed by atoms with Gasteiger partial charge in [-0.2, -0.15) is 13.2 Å². The van der Waals surface area contributed by atoms with Crippen LogP contribution in [0.1, 0.15) is 24.7 Å². The van der Waals surface area contributed by atoms with Crippen molar-refractivity contribution >= 4 is 23.4 Å². The highest BCUT2D eigenvalue weighted by Crippen LogP contribution is 2.32. The molecule has 156 valence electrons. The lowest BCUT2D eigenvalue weighted by Gasteiger charge is -2.16. The minimum absolute atomic E-state index is 0.109. The van der Waals surface area contributed by atoms with Crippen LogP contribution in [0, 0.1) is 6.92 Å². The predicted octanol–water partition coefficient (Wildman–Crippen LogP) is 5.98. The fourth-order valence-electron chi connectivity index (χ4n) is 2.82. The fourth-order valence-corrected chi connectivity index (χ4v) is 3.81. The molecule has 0 radical (unpaired) electrons. The summed E-state index contributed by atoms with van der Waals surface area (Å²) in [6, 6.07) is 16.0. The maximum atomic E-state index is 12.9. The summed E-state index contributed by atoms with van der Waals surface area (Å²) in [5.74, 6) is 0.200. The molecule has 30 heavy (non-hydrogen) atoms. The van der Waals surface area contributed by atoms with Gasteiger partial charge in [0.15, 0.2) is 0 Å². The number of alkyl halides is 3. The van der Waals surface area contributed by atoms with Crippen molar-refractivity contribution in [3.8, 4) is 11.3 Å². The number of nitrogens with zero attached hydrogens (tertiary/aromatic N) is 2. The first-order valence-corrected chi connectivity index (χ1v) is 10.2. The second-order valence-corrected chi connectivity index (χ2v) is 7.81. The molecular weight excluding hydrogens is 411 g/mol. The van der Waals surface area contributed by atoms with Gasteiger partial charge in [0.05, 0.1) is 16.5 Å². The summed E-state index contributed by atoms with van der Waals surface area (Å²) in [7, 11) is 0. The smallest absolute Gasteiger partial charge is 0.325 e. The summed E-state index contributed by atoms with van der Waals surface area (Å²) < 4.78 is 38.7. The van der Waals surface area contributed by atoms with Gasteiger partial charge in [0.1, 0.15) is 10.9 Å². The monoisotopic (exact) mass is 431 g/mol. The molecule has 1 amide bonds. The van der Waals surface area contributed by atoms with Gasteiger partial charge in [0.25, 0.3) is 0 Å². The number of aromatic nitrogens is 2. The summed E-state index contributed by atoms with van der Waals surface area (Å²) >= 11 is 1.26. The molecule has 3 rings (SSSR count). The Labute approximate surface area is 177 Å². The molecule has 1 N–H and O–H groups in total. The average Bonchev–Trinajstić information content (AvgIpc) is 2.72. The SMILES string of the molecule is CCC(Sc1cc(-c2ccccc2)nc(C)n1)C(=O)Nc1cccc(C(F)(F)F)c1. The van der Waals surface area contributed by atoms with Crippen LogP contribution in [-0.2, 0) is 11.0 Å². The van der Waals surface area contributed by atoms with Gasteiger partial charge in [-0.1, -0.05) is 55.1 Å². The number of benzene rings is 2. The number of carbonyl (C=O) groups excluding carboxylic acids is 1. The van der Waals surface area contributed by atoms with Gasteiger partial charge in [0, 0.05) is 11.3 Å². The molecule has 0 aliphatic heterocycles. The number of thioether (sulfide) groups is 1. The summed E-state index contributed by atoms with van der Waals surface area (Å²) in [6.07, 6.45) is -3.98. The number of rotatable bonds is 6. The van der Waals surface area contributed by atoms with E-state index in [2.05, 4.69) is 15.3 Å². The number of hydrogen-bond donors (Lipinski definition) is 1. The first-order valence-electron chi connectivity index (χ1n) is 9.32. The molecule has 1 atom stereocenters. The first-order chi connectivity index (χ1) is 14.3. The average molecular weight is 431 g/mol. The molecular formula is C22H20F3N3OS. The Morgan fingerprint density at radius 1 is 1.07 bits per heavy atom. The van der Waals surface area contributed by atoms with Crippen LogP contribution in [0.15, 0.2) is 65.7 Å². The molecule has 1 aromatic heterocycles. The highest BCUT2D eigenvalue weighted by molar-refractivity contribution is 8.00. The van der Waals surface area contributed by atoms with Crippen molar-refractivity contribution in [2.75, 3.05) is 5.32 Å². The van der Waals surface area contributed by atoms with E-state index in [0.717, 1.165) is 23.4 Å². The molecule has 0 aliphatic carbocycles. The van der Waals surface area contributed by atoms with Crippen molar-refractivity contribution in [2.45, 2.75) is 36.7 Å². The normalized spacial score (nSPS) is 12.4. The lowest BCUT2D eigenvalue weighted by molar-refractivity contribution is -0.137. The number of hydrogen-bond acceptors (Lipinski definition) is 4. The van der Waals surface area contributed by atoms with Crippen LogP contribution in [0.4, 0.5) is 18.9 Å². The number of carbonyl (C=O) groups is 1. The van der Waals surface area contributed by atoms with Crippen molar-refractivity contribution in [3.05, 3.63) is 72.1 Å². The quantitative estimate of drug-likeness (QED) is 0.385. The van der Waals surface area contributed by atoms with Gasteiger partial charge in [-0.3, -0.25) is 4.79 Å². The van der Waals surface area contributed by atoms with Gasteiger partial charge < -0.3 is 5.32 Å². The zero-order valence-electron chi connectivity index (χ0n) is 16.4. The molecule has 0 saturated carbocycles. The van der Waals surface area contributed by atoms with Crippen LogP contribution in [0.3, 0.4) is 0 Å². The third kappa shape index (κ3) is 5.60. The van der Waals surface area contributed by atoms with E-state index in [1.165, 1.54) is 23.9 Å². The Morgan fingerprint density at radius 3 is 2.47 bits per heavy atom. The van der Waals surface area contributed by atoms with Crippen LogP contribution in [0.5, 0.6) is 0 Å². The second kappa shape index (κ2) is 9.30. The van der Waals surface area contributed by atoms with Crippen molar-refractivity contribution in [2.24, 2.45) is 0 Å². The molecule has 1 unspecified atom stereocenters. The van der Waals surface area contributed by atoms with E-state index >= 15 is 0 Å². The molecule has 0 bridgehead atoms. The Kier molecular flexibility index (Phi) is 6.77. The Bertz CT molecular complexity index is 1030. The maximum absolute atomic E-state index is 12.9. The summed E-state index contributed by atoms with van der Waals surface area (Å²) in [4.78, 5) is 21.5. The number of aryl methyl sites for hydroxylation is 1. The third-order valence-corrected chi connectivity index (χ3v) is 5.55. The number of anilines is 1. The lowest BCUT2D eigenvalue weighted by atomic mass is 10.1. The molecule has 1 heterocycles. The van der Waals surface area contributed by atoms with Crippen molar-refractivity contribution < 1.29 is 18.0 Å². The van der Waals surface area contributed by atoms with Crippen molar-refractivity contribution in [3.63, 3.8) is 0 Å². The molecule has 3 aromatic rings. The minimum atomic E-state index is -4.47. The largest absolute Gasteiger partial charge is 0.416 e. The van der Waals surface area contributed by atoms with Crippen LogP contribution in [-0.4, -0.2) is 21.1 Å².